The van der Waals surface area contributed by atoms with Gasteiger partial charge in [0.15, 0.2) is 0 Å². The number of thiophene rings is 1. The highest BCUT2D eigenvalue weighted by Gasteiger charge is 2.39. The molecule has 3 N–H and O–H groups in total. The van der Waals surface area contributed by atoms with E-state index in [9.17, 15) is 0 Å². The number of hydrogen-bond acceptors (Lipinski definition) is 3. The smallest absolute Gasteiger partial charge is 0.0314 e. The fraction of sp³-hybridized carbons (Fsp3) is 0.600. The van der Waals surface area contributed by atoms with E-state index in [1.165, 1.54) is 15.8 Å². The van der Waals surface area contributed by atoms with Crippen molar-refractivity contribution < 1.29 is 0 Å². The normalized spacial score (nSPS) is 27.6. The maximum atomic E-state index is 5.58. The van der Waals surface area contributed by atoms with Crippen LogP contribution in [0.3, 0.4) is 0 Å². The van der Waals surface area contributed by atoms with E-state index in [0.29, 0.717) is 6.04 Å². The lowest BCUT2D eigenvalue weighted by Gasteiger charge is -2.14. The van der Waals surface area contributed by atoms with Crippen molar-refractivity contribution in [3.05, 3.63) is 20.8 Å². The first-order chi connectivity index (χ1) is 6.72. The molecule has 2 nitrogen and oxygen atoms in total. The average Bonchev–Trinajstić information content (AvgIpc) is 2.74. The van der Waals surface area contributed by atoms with Gasteiger partial charge in [-0.2, -0.15) is 0 Å². The predicted octanol–water partition coefficient (Wildman–Crippen LogP) is 2.54. The molecule has 3 atom stereocenters. The highest BCUT2D eigenvalue weighted by atomic mass is 79.9. The fourth-order valence-electron chi connectivity index (χ4n) is 1.92. The van der Waals surface area contributed by atoms with Crippen LogP contribution in [-0.4, -0.2) is 6.04 Å². The Hall–Kier alpha value is 0.1000. The van der Waals surface area contributed by atoms with E-state index in [1.807, 2.05) is 0 Å². The van der Waals surface area contributed by atoms with Crippen LogP contribution in [0.5, 0.6) is 0 Å². The minimum absolute atomic E-state index is 0.444. The van der Waals surface area contributed by atoms with Crippen LogP contribution in [0, 0.1) is 11.8 Å². The molecule has 1 saturated carbocycles. The van der Waals surface area contributed by atoms with Crippen LogP contribution in [0.2, 0.25) is 0 Å². The van der Waals surface area contributed by atoms with Crippen molar-refractivity contribution in [1.82, 2.24) is 5.43 Å². The van der Waals surface area contributed by atoms with Crippen LogP contribution in [0.15, 0.2) is 15.9 Å². The zero-order valence-electron chi connectivity index (χ0n) is 8.16. The molecule has 1 aliphatic carbocycles. The van der Waals surface area contributed by atoms with Crippen LogP contribution in [0.25, 0.3) is 0 Å². The van der Waals surface area contributed by atoms with Gasteiger partial charge in [0.2, 0.25) is 0 Å². The summed E-state index contributed by atoms with van der Waals surface area (Å²) in [4.78, 5) is 1.40. The first kappa shape index (κ1) is 10.6. The van der Waals surface area contributed by atoms with Gasteiger partial charge in [0.05, 0.1) is 0 Å². The molecule has 3 unspecified atom stereocenters. The third kappa shape index (κ3) is 2.19. The van der Waals surface area contributed by atoms with Crippen molar-refractivity contribution in [1.29, 1.82) is 0 Å². The van der Waals surface area contributed by atoms with Crippen LogP contribution in [-0.2, 0) is 6.42 Å². The molecule has 0 aromatic carbocycles. The van der Waals surface area contributed by atoms with Gasteiger partial charge >= 0.3 is 0 Å². The Morgan fingerprint density at radius 2 is 2.50 bits per heavy atom. The monoisotopic (exact) mass is 274 g/mol. The summed E-state index contributed by atoms with van der Waals surface area (Å²) in [5, 5.41) is 2.11. The van der Waals surface area contributed by atoms with Gasteiger partial charge in [-0.3, -0.25) is 11.3 Å². The zero-order valence-corrected chi connectivity index (χ0v) is 10.6. The van der Waals surface area contributed by atoms with Crippen molar-refractivity contribution >= 4 is 27.3 Å². The van der Waals surface area contributed by atoms with E-state index in [4.69, 9.17) is 5.84 Å². The van der Waals surface area contributed by atoms with Gasteiger partial charge in [-0.05, 0) is 52.1 Å². The predicted molar refractivity (Wildman–Crippen MR) is 64.1 cm³/mol. The SMILES string of the molecule is CC1CC1C(Cc1sccc1Br)NN. The Morgan fingerprint density at radius 3 is 2.93 bits per heavy atom. The summed E-state index contributed by atoms with van der Waals surface area (Å²) < 4.78 is 1.22. The zero-order chi connectivity index (χ0) is 10.1. The molecule has 1 aromatic rings. The van der Waals surface area contributed by atoms with E-state index >= 15 is 0 Å². The Balaban J connectivity index is 1.98. The molecular weight excluding hydrogens is 260 g/mol. The van der Waals surface area contributed by atoms with E-state index in [0.717, 1.165) is 18.3 Å². The summed E-state index contributed by atoms with van der Waals surface area (Å²) >= 11 is 5.35. The average molecular weight is 275 g/mol. The molecule has 0 bridgehead atoms. The molecule has 0 spiro atoms. The van der Waals surface area contributed by atoms with Crippen molar-refractivity contribution in [2.45, 2.75) is 25.8 Å². The summed E-state index contributed by atoms with van der Waals surface area (Å²) in [6.07, 6.45) is 2.36. The molecular formula is C10H15BrN2S. The van der Waals surface area contributed by atoms with E-state index < -0.39 is 0 Å². The minimum atomic E-state index is 0.444. The molecule has 2 rings (SSSR count). The Kier molecular flexibility index (Phi) is 3.27. The lowest BCUT2D eigenvalue weighted by molar-refractivity contribution is 0.456. The molecule has 0 radical (unpaired) electrons. The second-order valence-electron chi connectivity index (χ2n) is 4.05. The van der Waals surface area contributed by atoms with Crippen molar-refractivity contribution in [2.24, 2.45) is 17.7 Å². The number of rotatable bonds is 4. The number of nitrogens with two attached hydrogens (primary N) is 1. The first-order valence-electron chi connectivity index (χ1n) is 4.90. The fourth-order valence-corrected chi connectivity index (χ4v) is 3.49. The molecule has 14 heavy (non-hydrogen) atoms. The van der Waals surface area contributed by atoms with Gasteiger partial charge in [0.1, 0.15) is 0 Å². The first-order valence-corrected chi connectivity index (χ1v) is 6.57. The summed E-state index contributed by atoms with van der Waals surface area (Å²) in [7, 11) is 0. The minimum Gasteiger partial charge on any atom is -0.271 e. The lowest BCUT2D eigenvalue weighted by Crippen LogP contribution is -2.38. The third-order valence-electron chi connectivity index (χ3n) is 3.00. The van der Waals surface area contributed by atoms with Crippen LogP contribution in [0.4, 0.5) is 0 Å². The molecule has 1 aromatic heterocycles. The Bertz CT molecular complexity index is 313. The molecule has 1 heterocycles. The van der Waals surface area contributed by atoms with Gasteiger partial charge in [-0.15, -0.1) is 11.3 Å². The van der Waals surface area contributed by atoms with Gasteiger partial charge in [0.25, 0.3) is 0 Å². The van der Waals surface area contributed by atoms with Crippen molar-refractivity contribution in [3.8, 4) is 0 Å². The lowest BCUT2D eigenvalue weighted by atomic mass is 10.1. The topological polar surface area (TPSA) is 38.0 Å². The molecule has 4 heteroatoms. The van der Waals surface area contributed by atoms with Crippen molar-refractivity contribution in [3.63, 3.8) is 0 Å². The molecule has 0 aliphatic heterocycles. The van der Waals surface area contributed by atoms with E-state index in [-0.39, 0.29) is 0 Å². The van der Waals surface area contributed by atoms with Crippen molar-refractivity contribution in [2.75, 3.05) is 0 Å². The maximum Gasteiger partial charge on any atom is 0.0314 e. The quantitative estimate of drug-likeness (QED) is 0.654. The van der Waals surface area contributed by atoms with Gasteiger partial charge in [-0.1, -0.05) is 6.92 Å². The number of hydrazine groups is 1. The highest BCUT2D eigenvalue weighted by molar-refractivity contribution is 9.10. The largest absolute Gasteiger partial charge is 0.271 e. The second-order valence-corrected chi connectivity index (χ2v) is 5.90. The molecule has 78 valence electrons. The van der Waals surface area contributed by atoms with Gasteiger partial charge in [0, 0.05) is 15.4 Å². The highest BCUT2D eigenvalue weighted by Crippen LogP contribution is 2.42. The summed E-state index contributed by atoms with van der Waals surface area (Å²) in [6, 6.07) is 2.55. The van der Waals surface area contributed by atoms with Gasteiger partial charge in [-0.25, -0.2) is 0 Å². The Morgan fingerprint density at radius 1 is 1.79 bits per heavy atom. The summed E-state index contributed by atoms with van der Waals surface area (Å²) in [6.45, 7) is 2.29. The standard InChI is InChI=1S/C10H15BrN2S/c1-6-4-7(6)9(13-12)5-10-8(11)2-3-14-10/h2-3,6-7,9,13H,4-5,12H2,1H3. The maximum absolute atomic E-state index is 5.58. The van der Waals surface area contributed by atoms with Gasteiger partial charge < -0.3 is 0 Å². The molecule has 0 saturated heterocycles. The molecule has 1 fully saturated rings. The van der Waals surface area contributed by atoms with Crippen LogP contribution >= 0.6 is 27.3 Å². The summed E-state index contributed by atoms with van der Waals surface area (Å²) in [5.74, 6) is 7.20. The van der Waals surface area contributed by atoms with E-state index in [1.54, 1.807) is 11.3 Å². The second kappa shape index (κ2) is 4.31. The van der Waals surface area contributed by atoms with Crippen LogP contribution < -0.4 is 11.3 Å². The third-order valence-corrected chi connectivity index (χ3v) is 4.95. The van der Waals surface area contributed by atoms with E-state index in [2.05, 4.69) is 39.7 Å². The number of nitrogens with one attached hydrogen (secondary N) is 1. The summed E-state index contributed by atoms with van der Waals surface area (Å²) in [5.41, 5.74) is 2.95. The number of hydrogen-bond donors (Lipinski definition) is 2. The van der Waals surface area contributed by atoms with Crippen LogP contribution in [0.1, 0.15) is 18.2 Å². The Labute approximate surface area is 97.0 Å². The molecule has 0 amide bonds. The molecule has 1 aliphatic rings. The number of halogens is 1.